The topological polar surface area (TPSA) is 9.23 Å². The van der Waals surface area contributed by atoms with Gasteiger partial charge in [0.25, 0.3) is 0 Å². The maximum absolute atomic E-state index is 6.11. The van der Waals surface area contributed by atoms with Gasteiger partial charge in [-0.3, -0.25) is 0 Å². The lowest BCUT2D eigenvalue weighted by atomic mass is 10.2. The normalized spacial score (nSPS) is 24.9. The van der Waals surface area contributed by atoms with E-state index in [-0.39, 0.29) is 0 Å². The van der Waals surface area contributed by atoms with Crippen LogP contribution < -0.4 is 0 Å². The van der Waals surface area contributed by atoms with Crippen molar-refractivity contribution < 1.29 is 4.74 Å². The third-order valence-corrected chi connectivity index (χ3v) is 4.50. The minimum atomic E-state index is 0.294. The number of hydrogen-bond acceptors (Lipinski definition) is 2. The quantitative estimate of drug-likeness (QED) is 0.798. The van der Waals surface area contributed by atoms with E-state index in [1.54, 1.807) is 11.8 Å². The monoisotopic (exact) mass is 276 g/mol. The number of ether oxygens (including phenoxy) is 1. The van der Waals surface area contributed by atoms with Crippen molar-refractivity contribution in [2.24, 2.45) is 5.92 Å². The summed E-state index contributed by atoms with van der Waals surface area (Å²) in [4.78, 5) is 0. The Hall–Kier alpha value is 0.110. The first-order valence-electron chi connectivity index (χ1n) is 5.33. The van der Waals surface area contributed by atoms with Crippen LogP contribution in [-0.4, -0.2) is 12.0 Å². The summed E-state index contributed by atoms with van der Waals surface area (Å²) in [5.74, 6) is 1.48. The molecule has 0 aromatic heterocycles. The smallest absolute Gasteiger partial charge is 0.103 e. The lowest BCUT2D eigenvalue weighted by Gasteiger charge is -2.11. The largest absolute Gasteiger partial charge is 0.367 e. The van der Waals surface area contributed by atoms with Gasteiger partial charge in [-0.2, -0.15) is 0 Å². The predicted octanol–water partition coefficient (Wildman–Crippen LogP) is 4.61. The van der Waals surface area contributed by atoms with E-state index in [9.17, 15) is 0 Å². The van der Waals surface area contributed by atoms with E-state index >= 15 is 0 Å². The van der Waals surface area contributed by atoms with Gasteiger partial charge in [-0.15, -0.1) is 11.8 Å². The fourth-order valence-corrected chi connectivity index (χ4v) is 3.69. The molecular formula is C12H14Cl2OS. The molecule has 88 valence electrons. The molecule has 1 aliphatic heterocycles. The van der Waals surface area contributed by atoms with Crippen molar-refractivity contribution in [1.29, 1.82) is 0 Å². The van der Waals surface area contributed by atoms with Gasteiger partial charge in [-0.05, 0) is 30.0 Å². The Morgan fingerprint density at radius 1 is 1.38 bits per heavy atom. The zero-order chi connectivity index (χ0) is 11.5. The molecular weight excluding hydrogens is 263 g/mol. The first-order chi connectivity index (χ1) is 7.66. The molecule has 1 heterocycles. The summed E-state index contributed by atoms with van der Waals surface area (Å²) in [6, 6.07) is 5.62. The van der Waals surface area contributed by atoms with Gasteiger partial charge in [0.15, 0.2) is 0 Å². The first-order valence-corrected chi connectivity index (χ1v) is 7.13. The number of hydrogen-bond donors (Lipinski definition) is 0. The third kappa shape index (κ3) is 3.07. The summed E-state index contributed by atoms with van der Waals surface area (Å²) >= 11 is 14.0. The molecule has 1 saturated heterocycles. The molecule has 0 bridgehead atoms. The van der Waals surface area contributed by atoms with Crippen LogP contribution in [0.5, 0.6) is 0 Å². The number of benzene rings is 1. The lowest BCUT2D eigenvalue weighted by molar-refractivity contribution is 0.166. The van der Waals surface area contributed by atoms with Crippen LogP contribution in [0.2, 0.25) is 10.0 Å². The number of halogens is 2. The Balaban J connectivity index is 1.94. The van der Waals surface area contributed by atoms with Crippen LogP contribution in [0.4, 0.5) is 0 Å². The van der Waals surface area contributed by atoms with Crippen LogP contribution in [-0.2, 0) is 10.5 Å². The molecule has 1 fully saturated rings. The van der Waals surface area contributed by atoms with E-state index in [1.165, 1.54) is 0 Å². The predicted molar refractivity (Wildman–Crippen MR) is 71.3 cm³/mol. The fraction of sp³-hybridized carbons (Fsp3) is 0.500. The van der Waals surface area contributed by atoms with E-state index in [0.29, 0.717) is 11.4 Å². The van der Waals surface area contributed by atoms with Gasteiger partial charge in [0.2, 0.25) is 0 Å². The molecule has 2 atom stereocenters. The van der Waals surface area contributed by atoms with Crippen LogP contribution in [0.25, 0.3) is 0 Å². The molecule has 0 amide bonds. The van der Waals surface area contributed by atoms with Gasteiger partial charge in [-0.25, -0.2) is 0 Å². The molecule has 0 aliphatic carbocycles. The molecule has 1 aromatic rings. The molecule has 0 spiro atoms. The van der Waals surface area contributed by atoms with Gasteiger partial charge in [0.05, 0.1) is 6.61 Å². The van der Waals surface area contributed by atoms with Crippen LogP contribution >= 0.6 is 35.0 Å². The average Bonchev–Trinajstić information content (AvgIpc) is 2.63. The second-order valence-corrected chi connectivity index (χ2v) is 6.08. The maximum atomic E-state index is 6.11. The van der Waals surface area contributed by atoms with E-state index in [4.69, 9.17) is 27.9 Å². The molecule has 1 aromatic carbocycles. The van der Waals surface area contributed by atoms with Gasteiger partial charge in [0, 0.05) is 15.8 Å². The SMILES string of the molecule is C[C@H]1COC(SCc2c(Cl)cccc2Cl)C1. The second-order valence-electron chi connectivity index (χ2n) is 4.11. The van der Waals surface area contributed by atoms with Crippen molar-refractivity contribution in [3.05, 3.63) is 33.8 Å². The fourth-order valence-electron chi connectivity index (χ4n) is 1.70. The third-order valence-electron chi connectivity index (χ3n) is 2.64. The molecule has 0 radical (unpaired) electrons. The standard InChI is InChI=1S/C12H14Cl2OS/c1-8-5-12(15-6-8)16-7-9-10(13)3-2-4-11(9)14/h2-4,8,12H,5-7H2,1H3/t8-,12?/m1/s1. The molecule has 1 nitrogen and oxygen atoms in total. The van der Waals surface area contributed by atoms with E-state index in [2.05, 4.69) is 6.92 Å². The minimum absolute atomic E-state index is 0.294. The second kappa shape index (κ2) is 5.63. The molecule has 4 heteroatoms. The Morgan fingerprint density at radius 2 is 2.06 bits per heavy atom. The summed E-state index contributed by atoms with van der Waals surface area (Å²) in [6.07, 6.45) is 1.12. The molecule has 1 aliphatic rings. The molecule has 16 heavy (non-hydrogen) atoms. The van der Waals surface area contributed by atoms with Crippen LogP contribution in [0, 0.1) is 5.92 Å². The molecule has 0 saturated carbocycles. The van der Waals surface area contributed by atoms with Crippen LogP contribution in [0.1, 0.15) is 18.9 Å². The summed E-state index contributed by atoms with van der Waals surface area (Å²) in [5, 5.41) is 1.48. The highest BCUT2D eigenvalue weighted by molar-refractivity contribution is 7.99. The van der Waals surface area contributed by atoms with E-state index in [0.717, 1.165) is 34.4 Å². The Bertz CT molecular complexity index is 350. The summed E-state index contributed by atoms with van der Waals surface area (Å²) in [5.41, 5.74) is 1.31. The zero-order valence-electron chi connectivity index (χ0n) is 9.08. The molecule has 0 N–H and O–H groups in total. The number of thioether (sulfide) groups is 1. The van der Waals surface area contributed by atoms with Gasteiger partial charge in [0.1, 0.15) is 5.44 Å². The van der Waals surface area contributed by atoms with E-state index in [1.807, 2.05) is 18.2 Å². The van der Waals surface area contributed by atoms with Gasteiger partial charge in [-0.1, -0.05) is 36.2 Å². The van der Waals surface area contributed by atoms with Crippen molar-refractivity contribution in [3.8, 4) is 0 Å². The van der Waals surface area contributed by atoms with Gasteiger partial charge >= 0.3 is 0 Å². The summed E-state index contributed by atoms with van der Waals surface area (Å²) < 4.78 is 5.64. The minimum Gasteiger partial charge on any atom is -0.367 e. The van der Waals surface area contributed by atoms with Crippen molar-refractivity contribution in [1.82, 2.24) is 0 Å². The summed E-state index contributed by atoms with van der Waals surface area (Å²) in [6.45, 7) is 3.08. The Labute approximate surface area is 110 Å². The van der Waals surface area contributed by atoms with Crippen molar-refractivity contribution in [2.45, 2.75) is 24.5 Å². The Kier molecular flexibility index (Phi) is 4.42. The highest BCUT2D eigenvalue weighted by Gasteiger charge is 2.22. The number of rotatable bonds is 3. The molecule has 2 rings (SSSR count). The highest BCUT2D eigenvalue weighted by atomic mass is 35.5. The zero-order valence-corrected chi connectivity index (χ0v) is 11.4. The van der Waals surface area contributed by atoms with E-state index < -0.39 is 0 Å². The lowest BCUT2D eigenvalue weighted by Crippen LogP contribution is -1.99. The summed E-state index contributed by atoms with van der Waals surface area (Å²) in [7, 11) is 0. The maximum Gasteiger partial charge on any atom is 0.103 e. The van der Waals surface area contributed by atoms with Gasteiger partial charge < -0.3 is 4.74 Å². The average molecular weight is 277 g/mol. The first kappa shape index (κ1) is 12.6. The van der Waals surface area contributed by atoms with Crippen LogP contribution in [0.3, 0.4) is 0 Å². The Morgan fingerprint density at radius 3 is 2.62 bits per heavy atom. The molecule has 1 unspecified atom stereocenters. The van der Waals surface area contributed by atoms with Crippen LogP contribution in [0.15, 0.2) is 18.2 Å². The van der Waals surface area contributed by atoms with Crippen molar-refractivity contribution in [3.63, 3.8) is 0 Å². The van der Waals surface area contributed by atoms with Crippen molar-refractivity contribution in [2.75, 3.05) is 6.61 Å². The van der Waals surface area contributed by atoms with Crippen molar-refractivity contribution >= 4 is 35.0 Å². The highest BCUT2D eigenvalue weighted by Crippen LogP contribution is 2.34.